The molecular formula is C11H9NO. The summed E-state index contributed by atoms with van der Waals surface area (Å²) in [5.41, 5.74) is 0.960. The van der Waals surface area contributed by atoms with Gasteiger partial charge in [-0.2, -0.15) is 0 Å². The van der Waals surface area contributed by atoms with Crippen molar-refractivity contribution in [2.24, 2.45) is 5.92 Å². The molecule has 1 heterocycles. The van der Waals surface area contributed by atoms with Crippen LogP contribution in [0.15, 0.2) is 30.3 Å². The van der Waals surface area contributed by atoms with E-state index in [2.05, 4.69) is 17.2 Å². The van der Waals surface area contributed by atoms with E-state index in [1.54, 1.807) is 0 Å². The molecule has 0 radical (unpaired) electrons. The molecule has 64 valence electrons. The summed E-state index contributed by atoms with van der Waals surface area (Å²) in [6.45, 7) is 0.693. The molecule has 0 aliphatic carbocycles. The Hall–Kier alpha value is -1.75. The number of β-lactam (4-membered cyclic amide) rings is 1. The van der Waals surface area contributed by atoms with Crippen molar-refractivity contribution in [2.45, 2.75) is 0 Å². The van der Waals surface area contributed by atoms with Crippen molar-refractivity contribution in [2.75, 3.05) is 6.54 Å². The highest BCUT2D eigenvalue weighted by Gasteiger charge is 2.24. The topological polar surface area (TPSA) is 29.1 Å². The first-order valence-corrected chi connectivity index (χ1v) is 4.20. The Kier molecular flexibility index (Phi) is 2.01. The van der Waals surface area contributed by atoms with Crippen molar-refractivity contribution in [1.82, 2.24) is 5.32 Å². The molecular weight excluding hydrogens is 162 g/mol. The van der Waals surface area contributed by atoms with E-state index < -0.39 is 0 Å². The van der Waals surface area contributed by atoms with E-state index in [4.69, 9.17) is 0 Å². The Morgan fingerprint density at radius 3 is 2.62 bits per heavy atom. The largest absolute Gasteiger partial charge is 0.353 e. The molecule has 0 aromatic heterocycles. The molecule has 2 rings (SSSR count). The average Bonchev–Trinajstić information content (AvgIpc) is 2.17. The average molecular weight is 171 g/mol. The van der Waals surface area contributed by atoms with E-state index in [1.807, 2.05) is 30.3 Å². The fourth-order valence-electron chi connectivity index (χ4n) is 1.10. The highest BCUT2D eigenvalue weighted by Crippen LogP contribution is 2.03. The second kappa shape index (κ2) is 3.32. The Labute approximate surface area is 77.0 Å². The van der Waals surface area contributed by atoms with Gasteiger partial charge in [0.15, 0.2) is 0 Å². The van der Waals surface area contributed by atoms with Crippen LogP contribution >= 0.6 is 0 Å². The number of nitrogens with one attached hydrogen (secondary N) is 1. The molecule has 1 aliphatic heterocycles. The summed E-state index contributed by atoms with van der Waals surface area (Å²) in [5.74, 6) is 5.84. The van der Waals surface area contributed by atoms with Gasteiger partial charge < -0.3 is 5.32 Å². The van der Waals surface area contributed by atoms with Gasteiger partial charge in [-0.1, -0.05) is 30.0 Å². The summed E-state index contributed by atoms with van der Waals surface area (Å²) in [5, 5.41) is 2.65. The third-order valence-corrected chi connectivity index (χ3v) is 1.96. The SMILES string of the molecule is O=C1NC[C@H]1C#Cc1ccccc1. The van der Waals surface area contributed by atoms with Crippen LogP contribution in [0.4, 0.5) is 0 Å². The first kappa shape index (κ1) is 7.88. The third kappa shape index (κ3) is 1.70. The van der Waals surface area contributed by atoms with Crippen molar-refractivity contribution in [3.05, 3.63) is 35.9 Å². The minimum absolute atomic E-state index is 0.0448. The van der Waals surface area contributed by atoms with Crippen molar-refractivity contribution in [1.29, 1.82) is 0 Å². The molecule has 1 amide bonds. The van der Waals surface area contributed by atoms with Crippen molar-refractivity contribution < 1.29 is 4.79 Å². The fraction of sp³-hybridized carbons (Fsp3) is 0.182. The van der Waals surface area contributed by atoms with Gasteiger partial charge in [0.25, 0.3) is 0 Å². The Balaban J connectivity index is 2.09. The number of hydrogen-bond acceptors (Lipinski definition) is 1. The number of rotatable bonds is 0. The summed E-state index contributed by atoms with van der Waals surface area (Å²) >= 11 is 0. The third-order valence-electron chi connectivity index (χ3n) is 1.96. The van der Waals surface area contributed by atoms with E-state index >= 15 is 0 Å². The molecule has 1 aromatic carbocycles. The second-order valence-corrected chi connectivity index (χ2v) is 2.93. The first-order chi connectivity index (χ1) is 6.36. The zero-order valence-electron chi connectivity index (χ0n) is 7.08. The van der Waals surface area contributed by atoms with Gasteiger partial charge in [-0.15, -0.1) is 0 Å². The number of hydrogen-bond donors (Lipinski definition) is 1. The van der Waals surface area contributed by atoms with Crippen LogP contribution in [-0.4, -0.2) is 12.5 Å². The van der Waals surface area contributed by atoms with E-state index in [1.165, 1.54) is 0 Å². The Bertz CT molecular complexity index is 372. The van der Waals surface area contributed by atoms with Crippen LogP contribution in [0.3, 0.4) is 0 Å². The number of carbonyl (C=O) groups is 1. The fourth-order valence-corrected chi connectivity index (χ4v) is 1.10. The second-order valence-electron chi connectivity index (χ2n) is 2.93. The number of benzene rings is 1. The molecule has 2 nitrogen and oxygen atoms in total. The van der Waals surface area contributed by atoms with Crippen molar-refractivity contribution in [3.8, 4) is 11.8 Å². The predicted octanol–water partition coefficient (Wildman–Crippen LogP) is 0.784. The van der Waals surface area contributed by atoms with Gasteiger partial charge in [-0.05, 0) is 12.1 Å². The molecule has 1 atom stereocenters. The maximum Gasteiger partial charge on any atom is 0.237 e. The molecule has 1 N–H and O–H groups in total. The van der Waals surface area contributed by atoms with Crippen LogP contribution in [0.2, 0.25) is 0 Å². The molecule has 1 aliphatic rings. The van der Waals surface area contributed by atoms with Crippen LogP contribution in [0.1, 0.15) is 5.56 Å². The lowest BCUT2D eigenvalue weighted by Gasteiger charge is -2.20. The molecule has 0 bridgehead atoms. The van der Waals surface area contributed by atoms with Gasteiger partial charge in [-0.25, -0.2) is 0 Å². The van der Waals surface area contributed by atoms with Crippen LogP contribution < -0.4 is 5.32 Å². The highest BCUT2D eigenvalue weighted by molar-refractivity contribution is 5.87. The molecule has 2 heteroatoms. The molecule has 0 spiro atoms. The summed E-state index contributed by atoms with van der Waals surface area (Å²) in [6.07, 6.45) is 0. The summed E-state index contributed by atoms with van der Waals surface area (Å²) in [6, 6.07) is 9.68. The zero-order valence-corrected chi connectivity index (χ0v) is 7.08. The molecule has 13 heavy (non-hydrogen) atoms. The van der Waals surface area contributed by atoms with Crippen molar-refractivity contribution >= 4 is 5.91 Å². The first-order valence-electron chi connectivity index (χ1n) is 4.20. The molecule has 1 aromatic rings. The lowest BCUT2D eigenvalue weighted by Crippen LogP contribution is -2.47. The summed E-state index contributed by atoms with van der Waals surface area (Å²) < 4.78 is 0. The van der Waals surface area contributed by atoms with Gasteiger partial charge in [0.05, 0.1) is 0 Å². The van der Waals surface area contributed by atoms with Crippen LogP contribution in [0, 0.1) is 17.8 Å². The van der Waals surface area contributed by atoms with Gasteiger partial charge in [0, 0.05) is 12.1 Å². The number of carbonyl (C=O) groups excluding carboxylic acids is 1. The maximum atomic E-state index is 10.8. The maximum absolute atomic E-state index is 10.8. The quantitative estimate of drug-likeness (QED) is 0.453. The van der Waals surface area contributed by atoms with E-state index in [0.717, 1.165) is 5.56 Å². The van der Waals surface area contributed by atoms with Gasteiger partial charge >= 0.3 is 0 Å². The summed E-state index contributed by atoms with van der Waals surface area (Å²) in [4.78, 5) is 10.8. The molecule has 1 saturated heterocycles. The van der Waals surface area contributed by atoms with Crippen LogP contribution in [-0.2, 0) is 4.79 Å². The van der Waals surface area contributed by atoms with Gasteiger partial charge in [0.1, 0.15) is 5.92 Å². The monoisotopic (exact) mass is 171 g/mol. The Morgan fingerprint density at radius 2 is 2.08 bits per heavy atom. The highest BCUT2D eigenvalue weighted by atomic mass is 16.2. The van der Waals surface area contributed by atoms with E-state index in [9.17, 15) is 4.79 Å². The van der Waals surface area contributed by atoms with Crippen LogP contribution in [0.25, 0.3) is 0 Å². The molecule has 1 fully saturated rings. The molecule has 0 saturated carbocycles. The number of amides is 1. The zero-order chi connectivity index (χ0) is 9.10. The smallest absolute Gasteiger partial charge is 0.237 e. The predicted molar refractivity (Wildman–Crippen MR) is 49.8 cm³/mol. The van der Waals surface area contributed by atoms with Crippen molar-refractivity contribution in [3.63, 3.8) is 0 Å². The normalized spacial score (nSPS) is 19.4. The van der Waals surface area contributed by atoms with E-state index in [0.29, 0.717) is 6.54 Å². The van der Waals surface area contributed by atoms with Crippen LogP contribution in [0.5, 0.6) is 0 Å². The summed E-state index contributed by atoms with van der Waals surface area (Å²) in [7, 11) is 0. The van der Waals surface area contributed by atoms with E-state index in [-0.39, 0.29) is 11.8 Å². The molecule has 0 unspecified atom stereocenters. The van der Waals surface area contributed by atoms with Gasteiger partial charge in [0.2, 0.25) is 5.91 Å². The van der Waals surface area contributed by atoms with Gasteiger partial charge in [-0.3, -0.25) is 4.79 Å². The minimum Gasteiger partial charge on any atom is -0.353 e. The lowest BCUT2D eigenvalue weighted by molar-refractivity contribution is -0.128. The lowest BCUT2D eigenvalue weighted by atomic mass is 10.0. The minimum atomic E-state index is -0.0970. The Morgan fingerprint density at radius 1 is 1.31 bits per heavy atom. The standard InChI is InChI=1S/C11H9NO/c13-11-10(8-12-11)7-6-9-4-2-1-3-5-9/h1-5,10H,8H2,(H,12,13)/t10-/m1/s1.